The van der Waals surface area contributed by atoms with Crippen LogP contribution in [-0.2, 0) is 5.41 Å². The van der Waals surface area contributed by atoms with Crippen molar-refractivity contribution < 1.29 is 0 Å². The number of benzene rings is 6. The molecule has 3 aliphatic rings. The molecule has 10 rings (SSSR count). The molecule has 5 nitrogen and oxygen atoms in total. The molecule has 0 bridgehead atoms. The highest BCUT2D eigenvalue weighted by molar-refractivity contribution is 6.12. The highest BCUT2D eigenvalue weighted by Gasteiger charge is 2.36. The van der Waals surface area contributed by atoms with Crippen LogP contribution < -0.4 is 16.0 Å². The molecule has 0 spiro atoms. The second-order valence-electron chi connectivity index (χ2n) is 14.5. The first-order valence-electron chi connectivity index (χ1n) is 18.2. The molecule has 0 amide bonds. The molecule has 7 aromatic rings. The molecule has 1 aliphatic carbocycles. The van der Waals surface area contributed by atoms with Gasteiger partial charge in [-0.1, -0.05) is 141 Å². The van der Waals surface area contributed by atoms with E-state index in [0.29, 0.717) is 6.54 Å². The number of nitrogens with zero attached hydrogens (tertiary/aromatic N) is 2. The summed E-state index contributed by atoms with van der Waals surface area (Å²) in [5.74, 6) is 0.870. The maximum Gasteiger partial charge on any atom is 0.144 e. The van der Waals surface area contributed by atoms with E-state index in [1.165, 1.54) is 60.9 Å². The van der Waals surface area contributed by atoms with Crippen LogP contribution in [0.1, 0.15) is 42.3 Å². The van der Waals surface area contributed by atoms with E-state index in [1.54, 1.807) is 0 Å². The molecule has 0 radical (unpaired) electrons. The Kier molecular flexibility index (Phi) is 7.05. The monoisotopic (exact) mass is 673 g/mol. The Morgan fingerprint density at radius 1 is 0.615 bits per heavy atom. The van der Waals surface area contributed by atoms with Gasteiger partial charge >= 0.3 is 0 Å². The van der Waals surface area contributed by atoms with Crippen molar-refractivity contribution in [1.29, 1.82) is 0 Å². The molecule has 0 fully saturated rings. The molecule has 2 atom stereocenters. The van der Waals surface area contributed by atoms with Crippen molar-refractivity contribution in [2.45, 2.75) is 31.6 Å². The molecule has 5 heteroatoms. The van der Waals surface area contributed by atoms with Gasteiger partial charge in [-0.15, -0.1) is 0 Å². The lowest BCUT2D eigenvalue weighted by Gasteiger charge is -2.34. The number of aromatic nitrogens is 1. The fourth-order valence-corrected chi connectivity index (χ4v) is 8.44. The minimum atomic E-state index is -0.256. The van der Waals surface area contributed by atoms with Crippen LogP contribution in [0.5, 0.6) is 0 Å². The fourth-order valence-electron chi connectivity index (χ4n) is 8.44. The van der Waals surface area contributed by atoms with Gasteiger partial charge in [-0.2, -0.15) is 0 Å². The van der Waals surface area contributed by atoms with Gasteiger partial charge in [-0.05, 0) is 69.3 Å². The number of hydrogen-bond acceptors (Lipinski definition) is 4. The summed E-state index contributed by atoms with van der Waals surface area (Å²) < 4.78 is 2.45. The number of fused-ring (bicyclic) bond motifs is 6. The quantitative estimate of drug-likeness (QED) is 0.171. The number of rotatable bonds is 5. The summed E-state index contributed by atoms with van der Waals surface area (Å²) in [4.78, 5) is 5.24. The lowest BCUT2D eigenvalue weighted by atomic mass is 9.82. The fraction of sp³-hybridized carbons (Fsp3) is 0.128. The first-order valence-corrected chi connectivity index (χ1v) is 18.2. The molecule has 3 heterocycles. The number of aliphatic imine (C=N–C) groups is 1. The van der Waals surface area contributed by atoms with Crippen LogP contribution in [0.15, 0.2) is 168 Å². The lowest BCUT2D eigenvalue weighted by Crippen LogP contribution is -2.51. The molecule has 52 heavy (non-hydrogen) atoms. The normalized spacial score (nSPS) is 18.8. The zero-order valence-corrected chi connectivity index (χ0v) is 29.3. The van der Waals surface area contributed by atoms with E-state index in [4.69, 9.17) is 4.99 Å². The molecule has 2 aliphatic heterocycles. The van der Waals surface area contributed by atoms with Crippen LogP contribution in [-0.4, -0.2) is 23.1 Å². The van der Waals surface area contributed by atoms with Gasteiger partial charge in [0.25, 0.3) is 0 Å². The zero-order chi connectivity index (χ0) is 34.8. The van der Waals surface area contributed by atoms with Crippen LogP contribution in [0.4, 0.5) is 0 Å². The summed E-state index contributed by atoms with van der Waals surface area (Å²) in [7, 11) is 0. The third-order valence-electron chi connectivity index (χ3n) is 11.1. The number of nitrogens with one attached hydrogen (secondary N) is 3. The summed E-state index contributed by atoms with van der Waals surface area (Å²) in [5.41, 5.74) is 14.7. The Morgan fingerprint density at radius 2 is 1.31 bits per heavy atom. The SMILES string of the molecule is CC1(C)c2ccccc2-c2cc3c4ccccc4n(C4=CC=C(C5N=C(c6ccc(-c7ccccc7)cc6)NC(c6ccccc6)N5)NC4)c3cc21. The Hall–Kier alpha value is -6.17. The van der Waals surface area contributed by atoms with Crippen LogP contribution in [0, 0.1) is 0 Å². The van der Waals surface area contributed by atoms with Gasteiger partial charge in [-0.25, -0.2) is 4.99 Å². The molecule has 6 aromatic carbocycles. The van der Waals surface area contributed by atoms with Crippen LogP contribution in [0.2, 0.25) is 0 Å². The predicted octanol–water partition coefficient (Wildman–Crippen LogP) is 9.76. The topological polar surface area (TPSA) is 53.4 Å². The molecule has 2 unspecified atom stereocenters. The number of hydrogen-bond donors (Lipinski definition) is 3. The predicted molar refractivity (Wildman–Crippen MR) is 215 cm³/mol. The van der Waals surface area contributed by atoms with Gasteiger partial charge in [-0.3, -0.25) is 5.32 Å². The summed E-state index contributed by atoms with van der Waals surface area (Å²) in [6, 6.07) is 52.3. The minimum absolute atomic E-state index is 0.0682. The molecule has 0 saturated heterocycles. The molecule has 3 N–H and O–H groups in total. The van der Waals surface area contributed by atoms with Crippen molar-refractivity contribution in [2.75, 3.05) is 6.54 Å². The number of dihydropyridines is 1. The minimum Gasteiger partial charge on any atom is -0.380 e. The maximum absolute atomic E-state index is 5.24. The van der Waals surface area contributed by atoms with Crippen LogP contribution in [0.25, 0.3) is 49.8 Å². The van der Waals surface area contributed by atoms with E-state index >= 15 is 0 Å². The first-order chi connectivity index (χ1) is 25.5. The van der Waals surface area contributed by atoms with Gasteiger partial charge in [0.15, 0.2) is 0 Å². The molecule has 252 valence electrons. The summed E-state index contributed by atoms with van der Waals surface area (Å²) >= 11 is 0. The summed E-state index contributed by atoms with van der Waals surface area (Å²) in [6.07, 6.45) is 4.12. The Bertz CT molecular complexity index is 2590. The summed E-state index contributed by atoms with van der Waals surface area (Å²) in [5, 5.41) is 13.8. The van der Waals surface area contributed by atoms with Gasteiger partial charge < -0.3 is 15.2 Å². The average molecular weight is 674 g/mol. The van der Waals surface area contributed by atoms with Gasteiger partial charge in [0.2, 0.25) is 0 Å². The van der Waals surface area contributed by atoms with E-state index in [1.807, 2.05) is 0 Å². The largest absolute Gasteiger partial charge is 0.380 e. The van der Waals surface area contributed by atoms with E-state index in [-0.39, 0.29) is 17.7 Å². The second-order valence-corrected chi connectivity index (χ2v) is 14.5. The van der Waals surface area contributed by atoms with Crippen molar-refractivity contribution in [3.05, 3.63) is 186 Å². The van der Waals surface area contributed by atoms with Crippen molar-refractivity contribution in [3.63, 3.8) is 0 Å². The summed E-state index contributed by atoms with van der Waals surface area (Å²) in [6.45, 7) is 5.39. The van der Waals surface area contributed by atoms with E-state index < -0.39 is 0 Å². The lowest BCUT2D eigenvalue weighted by molar-refractivity contribution is 0.420. The number of allylic oxidation sites excluding steroid dienone is 2. The second kappa shape index (κ2) is 12.0. The Balaban J connectivity index is 1.04. The number of para-hydroxylation sites is 1. The standard InChI is InChI=1S/C47H39N5/c1-47(2)39-19-11-9-17-35(39)37-27-38-36-18-10-12-20-42(36)52(43(38)28-40(37)47)34-25-26-41(48-29-34)46-50-44(32-15-7-4-8-16-32)49-45(51-46)33-23-21-31(22-24-33)30-13-5-3-6-14-30/h3-28,44,46,48,50H,29H2,1-2H3,(H,49,51). The van der Waals surface area contributed by atoms with Crippen LogP contribution >= 0.6 is 0 Å². The molecule has 1 aromatic heterocycles. The maximum atomic E-state index is 5.24. The van der Waals surface area contributed by atoms with E-state index in [2.05, 4.69) is 192 Å². The third kappa shape index (κ3) is 4.92. The van der Waals surface area contributed by atoms with Gasteiger partial charge in [0.1, 0.15) is 18.2 Å². The Morgan fingerprint density at radius 3 is 2.10 bits per heavy atom. The molecular weight excluding hydrogens is 635 g/mol. The van der Waals surface area contributed by atoms with E-state index in [9.17, 15) is 0 Å². The average Bonchev–Trinajstić information content (AvgIpc) is 3.65. The van der Waals surface area contributed by atoms with Gasteiger partial charge in [0, 0.05) is 27.4 Å². The van der Waals surface area contributed by atoms with Crippen molar-refractivity contribution >= 4 is 33.3 Å². The van der Waals surface area contributed by atoms with E-state index in [0.717, 1.165) is 22.7 Å². The van der Waals surface area contributed by atoms with Crippen LogP contribution in [0.3, 0.4) is 0 Å². The highest BCUT2D eigenvalue weighted by atomic mass is 15.3. The van der Waals surface area contributed by atoms with Crippen molar-refractivity contribution in [2.24, 2.45) is 4.99 Å². The van der Waals surface area contributed by atoms with Crippen molar-refractivity contribution in [1.82, 2.24) is 20.5 Å². The smallest absolute Gasteiger partial charge is 0.144 e. The first kappa shape index (κ1) is 30.6. The Labute approximate surface area is 304 Å². The number of amidine groups is 1. The molecular formula is C47H39N5. The molecule has 0 saturated carbocycles. The van der Waals surface area contributed by atoms with Gasteiger partial charge in [0.05, 0.1) is 23.3 Å². The van der Waals surface area contributed by atoms with Crippen molar-refractivity contribution in [3.8, 4) is 22.3 Å². The zero-order valence-electron chi connectivity index (χ0n) is 29.3. The third-order valence-corrected chi connectivity index (χ3v) is 11.1. The highest BCUT2D eigenvalue weighted by Crippen LogP contribution is 2.51.